The number of rotatable bonds is 5. The molecule has 1 saturated carbocycles. The number of likely N-dealkylation sites (tertiary alicyclic amines) is 1. The van der Waals surface area contributed by atoms with Crippen molar-refractivity contribution < 1.29 is 19.1 Å². The number of methoxy groups -OCH3 is 1. The summed E-state index contributed by atoms with van der Waals surface area (Å²) in [5.41, 5.74) is 0.656. The van der Waals surface area contributed by atoms with Crippen LogP contribution >= 0.6 is 0 Å². The van der Waals surface area contributed by atoms with E-state index < -0.39 is 0 Å². The van der Waals surface area contributed by atoms with Gasteiger partial charge < -0.3 is 10.1 Å². The van der Waals surface area contributed by atoms with E-state index in [2.05, 4.69) is 17.5 Å². The molecule has 2 fully saturated rings. The fourth-order valence-corrected chi connectivity index (χ4v) is 4.30. The Kier molecular flexibility index (Phi) is 3.82. The average Bonchev–Trinajstić information content (AvgIpc) is 3.29. The van der Waals surface area contributed by atoms with E-state index in [4.69, 9.17) is 4.74 Å². The lowest BCUT2D eigenvalue weighted by Gasteiger charge is -2.17. The van der Waals surface area contributed by atoms with Crippen LogP contribution in [0.3, 0.4) is 0 Å². The van der Waals surface area contributed by atoms with E-state index in [1.54, 1.807) is 31.4 Å². The van der Waals surface area contributed by atoms with Crippen molar-refractivity contribution in [2.75, 3.05) is 19.0 Å². The van der Waals surface area contributed by atoms with Gasteiger partial charge in [-0.3, -0.25) is 19.3 Å². The quantitative estimate of drug-likeness (QED) is 0.655. The fraction of sp³-hybridized carbons (Fsp3) is 0.421. The standard InChI is InChI=1S/C19H20N2O4/c1-25-14-6-4-13(5-7-14)20-15(22)8-9-21-18(23)16-11-2-3-12(10-11)17(16)19(21)24/h2-7,11-12,16-17H,8-10H2,1H3,(H,20,22)/t11-,12+,16-,17+. The molecule has 3 aliphatic rings. The first-order valence-electron chi connectivity index (χ1n) is 8.56. The maximum Gasteiger partial charge on any atom is 0.233 e. The zero-order valence-electron chi connectivity index (χ0n) is 14.0. The number of anilines is 1. The molecule has 0 radical (unpaired) electrons. The first-order chi connectivity index (χ1) is 12.1. The summed E-state index contributed by atoms with van der Waals surface area (Å²) < 4.78 is 5.07. The fourth-order valence-electron chi connectivity index (χ4n) is 4.30. The van der Waals surface area contributed by atoms with E-state index in [0.29, 0.717) is 11.4 Å². The smallest absolute Gasteiger partial charge is 0.233 e. The average molecular weight is 340 g/mol. The van der Waals surface area contributed by atoms with Crippen LogP contribution in [0.1, 0.15) is 12.8 Å². The van der Waals surface area contributed by atoms with Crippen LogP contribution in [0.25, 0.3) is 0 Å². The van der Waals surface area contributed by atoms with Crippen molar-refractivity contribution in [3.8, 4) is 5.75 Å². The Morgan fingerprint density at radius 2 is 1.72 bits per heavy atom. The molecule has 1 aliphatic heterocycles. The Morgan fingerprint density at radius 1 is 1.12 bits per heavy atom. The molecule has 0 unspecified atom stereocenters. The number of hydrogen-bond donors (Lipinski definition) is 1. The Labute approximate surface area is 145 Å². The van der Waals surface area contributed by atoms with Crippen LogP contribution in [0.2, 0.25) is 0 Å². The van der Waals surface area contributed by atoms with Crippen LogP contribution in [0.4, 0.5) is 5.69 Å². The first-order valence-corrected chi connectivity index (χ1v) is 8.56. The zero-order valence-corrected chi connectivity index (χ0v) is 14.0. The van der Waals surface area contributed by atoms with E-state index in [0.717, 1.165) is 6.42 Å². The van der Waals surface area contributed by atoms with Gasteiger partial charge in [0.25, 0.3) is 0 Å². The molecule has 3 amide bonds. The lowest BCUT2D eigenvalue weighted by Crippen LogP contribution is -2.35. The summed E-state index contributed by atoms with van der Waals surface area (Å²) in [6.07, 6.45) is 5.15. The SMILES string of the molecule is COc1ccc(NC(=O)CCN2C(=O)[C@@H]3[C@H](C2=O)[C@@H]2C=C[C@H]3C2)cc1. The molecule has 6 nitrogen and oxygen atoms in total. The first kappa shape index (κ1) is 15.9. The molecular weight excluding hydrogens is 320 g/mol. The number of hydrogen-bond acceptors (Lipinski definition) is 4. The summed E-state index contributed by atoms with van der Waals surface area (Å²) in [6, 6.07) is 7.01. The molecule has 0 aromatic heterocycles. The number of ether oxygens (including phenoxy) is 1. The molecule has 1 aromatic rings. The highest BCUT2D eigenvalue weighted by atomic mass is 16.5. The van der Waals surface area contributed by atoms with E-state index in [9.17, 15) is 14.4 Å². The Bertz CT molecular complexity index is 725. The van der Waals surface area contributed by atoms with Crippen LogP contribution in [-0.4, -0.2) is 36.3 Å². The number of nitrogens with one attached hydrogen (secondary N) is 1. The van der Waals surface area contributed by atoms with Gasteiger partial charge in [-0.25, -0.2) is 0 Å². The van der Waals surface area contributed by atoms with Crippen molar-refractivity contribution in [3.63, 3.8) is 0 Å². The molecule has 0 spiro atoms. The number of amides is 3. The van der Waals surface area contributed by atoms with Gasteiger partial charge in [0.05, 0.1) is 18.9 Å². The van der Waals surface area contributed by atoms with Gasteiger partial charge in [0.2, 0.25) is 17.7 Å². The maximum atomic E-state index is 12.6. The van der Waals surface area contributed by atoms with Gasteiger partial charge in [-0.15, -0.1) is 0 Å². The molecule has 4 rings (SSSR count). The highest BCUT2D eigenvalue weighted by Crippen LogP contribution is 2.52. The molecule has 1 aromatic carbocycles. The minimum absolute atomic E-state index is 0.103. The lowest BCUT2D eigenvalue weighted by atomic mass is 9.85. The van der Waals surface area contributed by atoms with Gasteiger partial charge in [0, 0.05) is 18.7 Å². The Morgan fingerprint density at radius 3 is 2.28 bits per heavy atom. The van der Waals surface area contributed by atoms with Crippen LogP contribution in [0, 0.1) is 23.7 Å². The Hall–Kier alpha value is -2.63. The number of benzene rings is 1. The number of carbonyl (C=O) groups excluding carboxylic acids is 3. The zero-order chi connectivity index (χ0) is 17.6. The van der Waals surface area contributed by atoms with Gasteiger partial charge in [-0.05, 0) is 42.5 Å². The monoisotopic (exact) mass is 340 g/mol. The summed E-state index contributed by atoms with van der Waals surface area (Å²) in [6.45, 7) is 0.145. The number of carbonyl (C=O) groups is 3. The highest BCUT2D eigenvalue weighted by Gasteiger charge is 2.58. The second kappa shape index (κ2) is 6.02. The summed E-state index contributed by atoms with van der Waals surface area (Å²) in [5, 5.41) is 2.77. The van der Waals surface area contributed by atoms with Crippen molar-refractivity contribution >= 4 is 23.4 Å². The predicted molar refractivity (Wildman–Crippen MR) is 90.7 cm³/mol. The second-order valence-electron chi connectivity index (χ2n) is 6.85. The largest absolute Gasteiger partial charge is 0.497 e. The summed E-state index contributed by atoms with van der Waals surface area (Å²) >= 11 is 0. The molecule has 130 valence electrons. The Balaban J connectivity index is 1.34. The molecule has 2 aliphatic carbocycles. The molecule has 6 heteroatoms. The minimum atomic E-state index is -0.219. The van der Waals surface area contributed by atoms with E-state index in [-0.39, 0.29) is 54.4 Å². The van der Waals surface area contributed by atoms with Crippen molar-refractivity contribution in [1.29, 1.82) is 0 Å². The lowest BCUT2D eigenvalue weighted by molar-refractivity contribution is -0.140. The van der Waals surface area contributed by atoms with Gasteiger partial charge in [-0.2, -0.15) is 0 Å². The van der Waals surface area contributed by atoms with E-state index in [1.807, 2.05) is 0 Å². The van der Waals surface area contributed by atoms with Gasteiger partial charge in [0.15, 0.2) is 0 Å². The molecule has 1 N–H and O–H groups in total. The second-order valence-corrected chi connectivity index (χ2v) is 6.85. The summed E-state index contributed by atoms with van der Waals surface area (Å²) in [4.78, 5) is 38.5. The molecule has 25 heavy (non-hydrogen) atoms. The third-order valence-electron chi connectivity index (χ3n) is 5.50. The van der Waals surface area contributed by atoms with Crippen LogP contribution in [-0.2, 0) is 14.4 Å². The minimum Gasteiger partial charge on any atom is -0.497 e. The highest BCUT2D eigenvalue weighted by molar-refractivity contribution is 6.06. The van der Waals surface area contributed by atoms with Crippen molar-refractivity contribution in [2.24, 2.45) is 23.7 Å². The van der Waals surface area contributed by atoms with Crippen LogP contribution in [0.5, 0.6) is 5.75 Å². The van der Waals surface area contributed by atoms with Crippen molar-refractivity contribution in [1.82, 2.24) is 4.90 Å². The van der Waals surface area contributed by atoms with Crippen molar-refractivity contribution in [2.45, 2.75) is 12.8 Å². The molecule has 4 atom stereocenters. The summed E-state index contributed by atoms with van der Waals surface area (Å²) in [7, 11) is 1.58. The molecule has 1 heterocycles. The van der Waals surface area contributed by atoms with E-state index in [1.165, 1.54) is 4.90 Å². The number of allylic oxidation sites excluding steroid dienone is 2. The summed E-state index contributed by atoms with van der Waals surface area (Å²) in [5.74, 6) is 0.270. The van der Waals surface area contributed by atoms with E-state index >= 15 is 0 Å². The van der Waals surface area contributed by atoms with Gasteiger partial charge in [0.1, 0.15) is 5.75 Å². The molecule has 2 bridgehead atoms. The topological polar surface area (TPSA) is 75.7 Å². The number of imide groups is 1. The third kappa shape index (κ3) is 2.62. The molecular formula is C19H20N2O4. The van der Waals surface area contributed by atoms with Crippen LogP contribution in [0.15, 0.2) is 36.4 Å². The number of fused-ring (bicyclic) bond motifs is 5. The van der Waals surface area contributed by atoms with Gasteiger partial charge in [-0.1, -0.05) is 12.2 Å². The molecule has 1 saturated heterocycles. The third-order valence-corrected chi connectivity index (χ3v) is 5.50. The predicted octanol–water partition coefficient (Wildman–Crippen LogP) is 1.83. The van der Waals surface area contributed by atoms with Crippen LogP contribution < -0.4 is 10.1 Å². The van der Waals surface area contributed by atoms with Gasteiger partial charge >= 0.3 is 0 Å². The number of nitrogens with zero attached hydrogens (tertiary/aromatic N) is 1. The normalized spacial score (nSPS) is 29.2. The maximum absolute atomic E-state index is 12.6. The van der Waals surface area contributed by atoms with Crippen molar-refractivity contribution in [3.05, 3.63) is 36.4 Å².